The first-order valence-electron chi connectivity index (χ1n) is 8.50. The third-order valence-electron chi connectivity index (χ3n) is 5.95. The van der Waals surface area contributed by atoms with Crippen LogP contribution in [0, 0.1) is 41.4 Å². The highest BCUT2D eigenvalue weighted by atomic mass is 16.3. The zero-order valence-corrected chi connectivity index (χ0v) is 12.8. The van der Waals surface area contributed by atoms with Gasteiger partial charge in [0, 0.05) is 11.8 Å². The zero-order chi connectivity index (χ0) is 15.0. The smallest absolute Gasteiger partial charge is 0.139 e. The molecule has 3 aliphatic rings. The van der Waals surface area contributed by atoms with Crippen LogP contribution in [0.15, 0.2) is 0 Å². The fourth-order valence-electron chi connectivity index (χ4n) is 4.57. The van der Waals surface area contributed by atoms with Gasteiger partial charge in [0.05, 0.1) is 12.0 Å². The van der Waals surface area contributed by atoms with E-state index in [1.807, 2.05) is 6.92 Å². The first kappa shape index (κ1) is 15.1. The van der Waals surface area contributed by atoms with Gasteiger partial charge >= 0.3 is 0 Å². The molecule has 0 unspecified atom stereocenters. The number of carbonyl (C=O) groups excluding carboxylic acids is 1. The molecule has 0 spiro atoms. The predicted molar refractivity (Wildman–Crippen MR) is 80.2 cm³/mol. The van der Waals surface area contributed by atoms with Crippen molar-refractivity contribution in [1.82, 2.24) is 0 Å². The molecule has 21 heavy (non-hydrogen) atoms. The molecule has 0 aromatic carbocycles. The number of ketones is 1. The third kappa shape index (κ3) is 2.76. The molecular formula is C18H26O3. The van der Waals surface area contributed by atoms with E-state index in [4.69, 9.17) is 0 Å². The Hall–Kier alpha value is -0.850. The Bertz CT molecular complexity index is 455. The number of Topliss-reactive ketones (excluding diaryl/α,β-unsaturated/α-hetero) is 1. The van der Waals surface area contributed by atoms with E-state index in [0.29, 0.717) is 18.1 Å². The minimum Gasteiger partial charge on any atom is -0.392 e. The Balaban J connectivity index is 1.68. The average molecular weight is 290 g/mol. The monoisotopic (exact) mass is 290 g/mol. The van der Waals surface area contributed by atoms with Gasteiger partial charge in [-0.3, -0.25) is 4.79 Å². The Morgan fingerprint density at radius 2 is 1.86 bits per heavy atom. The van der Waals surface area contributed by atoms with Crippen molar-refractivity contribution in [2.45, 2.75) is 64.1 Å². The molecule has 0 saturated heterocycles. The maximum atomic E-state index is 11.9. The highest BCUT2D eigenvalue weighted by Gasteiger charge is 2.54. The normalized spacial score (nSPS) is 41.5. The summed E-state index contributed by atoms with van der Waals surface area (Å²) in [5, 5.41) is 20.5. The van der Waals surface area contributed by atoms with Crippen LogP contribution in [0.1, 0.15) is 51.9 Å². The largest absolute Gasteiger partial charge is 0.392 e. The topological polar surface area (TPSA) is 57.5 Å². The van der Waals surface area contributed by atoms with E-state index in [-0.39, 0.29) is 23.7 Å². The van der Waals surface area contributed by atoms with Crippen molar-refractivity contribution < 1.29 is 15.0 Å². The molecule has 6 atom stereocenters. The summed E-state index contributed by atoms with van der Waals surface area (Å²) in [4.78, 5) is 11.9. The lowest BCUT2D eigenvalue weighted by molar-refractivity contribution is -0.151. The standard InChI is InChI=1S/C18H26O3/c1-11-17-13(16(20)10-8-14(17)18(11)21)7-9-15(19)12-5-3-2-4-6-12/h11-17,19-20H,2-6,8,10H2,1H3/t11-,13+,14-,15+,16+,17+/m0/s1. The second-order valence-corrected chi connectivity index (χ2v) is 7.18. The number of hydrogen-bond acceptors (Lipinski definition) is 3. The number of carbonyl (C=O) groups is 1. The molecular weight excluding hydrogens is 264 g/mol. The minimum atomic E-state index is -0.566. The van der Waals surface area contributed by atoms with Gasteiger partial charge in [-0.25, -0.2) is 0 Å². The van der Waals surface area contributed by atoms with Crippen LogP contribution in [0.3, 0.4) is 0 Å². The summed E-state index contributed by atoms with van der Waals surface area (Å²) in [6, 6.07) is 0. The van der Waals surface area contributed by atoms with Gasteiger partial charge in [0.2, 0.25) is 0 Å². The van der Waals surface area contributed by atoms with Crippen LogP contribution in [-0.4, -0.2) is 28.2 Å². The molecule has 0 aromatic heterocycles. The van der Waals surface area contributed by atoms with Gasteiger partial charge in [0.15, 0.2) is 0 Å². The molecule has 3 aliphatic carbocycles. The van der Waals surface area contributed by atoms with Gasteiger partial charge in [-0.2, -0.15) is 0 Å². The van der Waals surface area contributed by atoms with Gasteiger partial charge in [-0.15, -0.1) is 0 Å². The van der Waals surface area contributed by atoms with Crippen molar-refractivity contribution in [2.24, 2.45) is 29.6 Å². The first-order chi connectivity index (χ1) is 10.1. The summed E-state index contributed by atoms with van der Waals surface area (Å²) >= 11 is 0. The van der Waals surface area contributed by atoms with Crippen LogP contribution >= 0.6 is 0 Å². The SMILES string of the molecule is C[C@@H]1C(=O)[C@H]2CC[C@@H](O)[C@@H](C#C[C@@H](O)C3CCCCC3)[C@@H]12. The van der Waals surface area contributed by atoms with Crippen LogP contribution in [0.2, 0.25) is 0 Å². The van der Waals surface area contributed by atoms with Crippen LogP contribution in [0.5, 0.6) is 0 Å². The fourth-order valence-corrected chi connectivity index (χ4v) is 4.57. The van der Waals surface area contributed by atoms with Gasteiger partial charge in [0.25, 0.3) is 0 Å². The number of aliphatic hydroxyl groups excluding tert-OH is 2. The summed E-state index contributed by atoms with van der Waals surface area (Å²) in [6.07, 6.45) is 6.22. The number of fused-ring (bicyclic) bond motifs is 1. The van der Waals surface area contributed by atoms with Crippen LogP contribution in [0.25, 0.3) is 0 Å². The molecule has 2 N–H and O–H groups in total. The van der Waals surface area contributed by atoms with Gasteiger partial charge < -0.3 is 10.2 Å². The Morgan fingerprint density at radius 3 is 2.57 bits per heavy atom. The van der Waals surface area contributed by atoms with E-state index in [1.54, 1.807) is 0 Å². The molecule has 3 nitrogen and oxygen atoms in total. The zero-order valence-electron chi connectivity index (χ0n) is 12.8. The molecule has 3 saturated carbocycles. The minimum absolute atomic E-state index is 0.0241. The molecule has 0 heterocycles. The Labute approximate surface area is 127 Å². The van der Waals surface area contributed by atoms with Crippen molar-refractivity contribution in [3.8, 4) is 11.8 Å². The van der Waals surface area contributed by atoms with E-state index < -0.39 is 12.2 Å². The van der Waals surface area contributed by atoms with Gasteiger partial charge in [-0.1, -0.05) is 38.0 Å². The highest BCUT2D eigenvalue weighted by molar-refractivity contribution is 5.90. The molecule has 3 rings (SSSR count). The van der Waals surface area contributed by atoms with Crippen molar-refractivity contribution in [1.29, 1.82) is 0 Å². The molecule has 116 valence electrons. The quantitative estimate of drug-likeness (QED) is 0.728. The molecule has 0 aliphatic heterocycles. The van der Waals surface area contributed by atoms with Gasteiger partial charge in [-0.05, 0) is 37.5 Å². The van der Waals surface area contributed by atoms with Crippen molar-refractivity contribution >= 4 is 5.78 Å². The number of hydrogen-bond donors (Lipinski definition) is 2. The summed E-state index contributed by atoms with van der Waals surface area (Å²) < 4.78 is 0. The van der Waals surface area contributed by atoms with Crippen LogP contribution < -0.4 is 0 Å². The van der Waals surface area contributed by atoms with E-state index in [2.05, 4.69) is 11.8 Å². The molecule has 0 bridgehead atoms. The molecule has 3 fully saturated rings. The van der Waals surface area contributed by atoms with Crippen LogP contribution in [-0.2, 0) is 4.79 Å². The molecule has 0 radical (unpaired) electrons. The lowest BCUT2D eigenvalue weighted by Crippen LogP contribution is -2.55. The second kappa shape index (κ2) is 6.10. The Morgan fingerprint density at radius 1 is 1.14 bits per heavy atom. The fraction of sp³-hybridized carbons (Fsp3) is 0.833. The molecule has 3 heteroatoms. The van der Waals surface area contributed by atoms with E-state index in [1.165, 1.54) is 19.3 Å². The average Bonchev–Trinajstić information content (AvgIpc) is 2.53. The summed E-state index contributed by atoms with van der Waals surface area (Å²) in [6.45, 7) is 1.95. The highest BCUT2D eigenvalue weighted by Crippen LogP contribution is 2.49. The second-order valence-electron chi connectivity index (χ2n) is 7.18. The van der Waals surface area contributed by atoms with E-state index >= 15 is 0 Å². The summed E-state index contributed by atoms with van der Waals surface area (Å²) in [7, 11) is 0. The number of aliphatic hydroxyl groups is 2. The lowest BCUT2D eigenvalue weighted by Gasteiger charge is -2.49. The summed E-state index contributed by atoms with van der Waals surface area (Å²) in [5.41, 5.74) is 0. The van der Waals surface area contributed by atoms with Crippen LogP contribution in [0.4, 0.5) is 0 Å². The van der Waals surface area contributed by atoms with Crippen molar-refractivity contribution in [3.05, 3.63) is 0 Å². The lowest BCUT2D eigenvalue weighted by atomic mass is 9.53. The number of rotatable bonds is 1. The maximum Gasteiger partial charge on any atom is 0.139 e. The van der Waals surface area contributed by atoms with E-state index in [9.17, 15) is 15.0 Å². The van der Waals surface area contributed by atoms with Crippen molar-refractivity contribution in [3.63, 3.8) is 0 Å². The third-order valence-corrected chi connectivity index (χ3v) is 5.95. The molecule has 0 amide bonds. The summed E-state index contributed by atoms with van der Waals surface area (Å²) in [5.74, 6) is 6.99. The van der Waals surface area contributed by atoms with Gasteiger partial charge in [0.1, 0.15) is 11.9 Å². The van der Waals surface area contributed by atoms with E-state index in [0.717, 1.165) is 19.3 Å². The predicted octanol–water partition coefficient (Wildman–Crippen LogP) is 2.15. The van der Waals surface area contributed by atoms with Crippen molar-refractivity contribution in [2.75, 3.05) is 0 Å². The Kier molecular flexibility index (Phi) is 4.38. The first-order valence-corrected chi connectivity index (χ1v) is 8.50. The molecule has 0 aromatic rings. The maximum absolute atomic E-state index is 11.9.